The number of para-hydroxylation sites is 2. The zero-order chi connectivity index (χ0) is 15.7. The summed E-state index contributed by atoms with van der Waals surface area (Å²) in [5.74, 6) is 1.52. The third kappa shape index (κ3) is 5.63. The van der Waals surface area contributed by atoms with Crippen molar-refractivity contribution in [1.29, 1.82) is 0 Å². The minimum atomic E-state index is -0.433. The van der Waals surface area contributed by atoms with Gasteiger partial charge in [0.2, 0.25) is 5.91 Å². The Balaban J connectivity index is 2.33. The van der Waals surface area contributed by atoms with E-state index >= 15 is 0 Å². The molecular weight excluding hydrogens is 268 g/mol. The number of hydrogen-bond donors (Lipinski definition) is 2. The fourth-order valence-electron chi connectivity index (χ4n) is 1.90. The van der Waals surface area contributed by atoms with Crippen molar-refractivity contribution in [3.8, 4) is 11.5 Å². The van der Waals surface area contributed by atoms with E-state index in [1.54, 1.807) is 7.05 Å². The molecule has 1 rings (SSSR count). The van der Waals surface area contributed by atoms with Gasteiger partial charge in [-0.2, -0.15) is 0 Å². The Morgan fingerprint density at radius 3 is 2.38 bits per heavy atom. The summed E-state index contributed by atoms with van der Waals surface area (Å²) in [5, 5.41) is 5.90. The fraction of sp³-hybridized carbons (Fsp3) is 0.562. The van der Waals surface area contributed by atoms with Crippen LogP contribution in [0.2, 0.25) is 0 Å². The number of rotatable bonds is 9. The number of ether oxygens (including phenoxy) is 2. The van der Waals surface area contributed by atoms with Gasteiger partial charge in [0, 0.05) is 20.1 Å². The highest BCUT2D eigenvalue weighted by Gasteiger charge is 2.25. The van der Waals surface area contributed by atoms with E-state index in [9.17, 15) is 4.79 Å². The summed E-state index contributed by atoms with van der Waals surface area (Å²) in [6, 6.07) is 7.61. The number of nitrogens with one attached hydrogen (secondary N) is 2. The first-order valence-corrected chi connectivity index (χ1v) is 7.28. The molecule has 1 amide bonds. The van der Waals surface area contributed by atoms with Gasteiger partial charge in [-0.15, -0.1) is 0 Å². The van der Waals surface area contributed by atoms with Gasteiger partial charge in [-0.25, -0.2) is 0 Å². The van der Waals surface area contributed by atoms with Crippen LogP contribution in [0.3, 0.4) is 0 Å². The van der Waals surface area contributed by atoms with Crippen molar-refractivity contribution in [2.45, 2.75) is 20.8 Å². The van der Waals surface area contributed by atoms with E-state index < -0.39 is 5.41 Å². The quantitative estimate of drug-likeness (QED) is 0.682. The molecule has 5 nitrogen and oxygen atoms in total. The van der Waals surface area contributed by atoms with E-state index in [0.717, 1.165) is 11.5 Å². The second-order valence-electron chi connectivity index (χ2n) is 5.37. The average molecular weight is 294 g/mol. The molecule has 0 saturated heterocycles. The maximum atomic E-state index is 11.6. The molecule has 2 N–H and O–H groups in total. The molecule has 21 heavy (non-hydrogen) atoms. The van der Waals surface area contributed by atoms with Crippen LogP contribution in [0, 0.1) is 5.41 Å². The van der Waals surface area contributed by atoms with Gasteiger partial charge in [0.15, 0.2) is 11.5 Å². The molecule has 0 aliphatic carbocycles. The zero-order valence-corrected chi connectivity index (χ0v) is 13.4. The molecule has 0 aromatic heterocycles. The third-order valence-electron chi connectivity index (χ3n) is 3.09. The molecule has 0 fully saturated rings. The molecule has 0 aliphatic heterocycles. The van der Waals surface area contributed by atoms with Gasteiger partial charge in [0.05, 0.1) is 12.0 Å². The van der Waals surface area contributed by atoms with Crippen molar-refractivity contribution >= 4 is 5.91 Å². The van der Waals surface area contributed by atoms with Crippen LogP contribution >= 0.6 is 0 Å². The summed E-state index contributed by atoms with van der Waals surface area (Å²) in [6.07, 6.45) is 0. The standard InChI is InChI=1S/C16H26N2O3/c1-5-20-13-8-6-7-9-14(13)21-11-10-18-12-16(2,3)15(19)17-4/h6-9,18H,5,10-12H2,1-4H3,(H,17,19). The van der Waals surface area contributed by atoms with Crippen LogP contribution in [-0.2, 0) is 4.79 Å². The van der Waals surface area contributed by atoms with E-state index in [4.69, 9.17) is 9.47 Å². The largest absolute Gasteiger partial charge is 0.490 e. The number of carbonyl (C=O) groups excluding carboxylic acids is 1. The Morgan fingerprint density at radius 1 is 1.19 bits per heavy atom. The maximum Gasteiger partial charge on any atom is 0.226 e. The van der Waals surface area contributed by atoms with E-state index in [2.05, 4.69) is 10.6 Å². The lowest BCUT2D eigenvalue weighted by atomic mass is 9.92. The second kappa shape index (κ2) is 8.52. The minimum absolute atomic E-state index is 0.0256. The smallest absolute Gasteiger partial charge is 0.226 e. The molecule has 0 radical (unpaired) electrons. The summed E-state index contributed by atoms with van der Waals surface area (Å²) in [5.41, 5.74) is -0.433. The number of benzene rings is 1. The molecular formula is C16H26N2O3. The minimum Gasteiger partial charge on any atom is -0.490 e. The summed E-state index contributed by atoms with van der Waals surface area (Å²) in [7, 11) is 1.65. The first-order chi connectivity index (χ1) is 10.0. The molecule has 0 spiro atoms. The van der Waals surface area contributed by atoms with Gasteiger partial charge in [0.1, 0.15) is 6.61 Å². The molecule has 118 valence electrons. The van der Waals surface area contributed by atoms with Gasteiger partial charge in [0.25, 0.3) is 0 Å². The molecule has 0 heterocycles. The molecule has 1 aromatic rings. The first kappa shape index (κ1) is 17.3. The van der Waals surface area contributed by atoms with Gasteiger partial charge in [-0.3, -0.25) is 4.79 Å². The molecule has 0 saturated carbocycles. The van der Waals surface area contributed by atoms with Gasteiger partial charge >= 0.3 is 0 Å². The van der Waals surface area contributed by atoms with E-state index in [0.29, 0.717) is 26.3 Å². The van der Waals surface area contributed by atoms with E-state index in [1.807, 2.05) is 45.0 Å². The van der Waals surface area contributed by atoms with Crippen LogP contribution < -0.4 is 20.1 Å². The van der Waals surface area contributed by atoms with Crippen molar-refractivity contribution in [1.82, 2.24) is 10.6 Å². The maximum absolute atomic E-state index is 11.6. The third-order valence-corrected chi connectivity index (χ3v) is 3.09. The predicted octanol–water partition coefficient (Wildman–Crippen LogP) is 1.83. The summed E-state index contributed by atoms with van der Waals surface area (Å²) in [6.45, 7) is 8.16. The van der Waals surface area contributed by atoms with Crippen LogP contribution in [0.15, 0.2) is 24.3 Å². The fourth-order valence-corrected chi connectivity index (χ4v) is 1.90. The number of amides is 1. The Labute approximate surface area is 127 Å². The molecule has 1 aromatic carbocycles. The van der Waals surface area contributed by atoms with Crippen LogP contribution in [-0.4, -0.2) is 39.3 Å². The SMILES string of the molecule is CCOc1ccccc1OCCNCC(C)(C)C(=O)NC. The van der Waals surface area contributed by atoms with Crippen molar-refractivity contribution in [2.75, 3.05) is 33.4 Å². The predicted molar refractivity (Wildman–Crippen MR) is 83.8 cm³/mol. The first-order valence-electron chi connectivity index (χ1n) is 7.28. The molecule has 0 unspecified atom stereocenters. The van der Waals surface area contributed by atoms with E-state index in [1.165, 1.54) is 0 Å². The van der Waals surface area contributed by atoms with Crippen molar-refractivity contribution in [3.63, 3.8) is 0 Å². The lowest BCUT2D eigenvalue weighted by molar-refractivity contribution is -0.128. The number of hydrogen-bond acceptors (Lipinski definition) is 4. The van der Waals surface area contributed by atoms with Crippen LogP contribution in [0.25, 0.3) is 0 Å². The highest BCUT2D eigenvalue weighted by molar-refractivity contribution is 5.81. The topological polar surface area (TPSA) is 59.6 Å². The highest BCUT2D eigenvalue weighted by atomic mass is 16.5. The Morgan fingerprint density at radius 2 is 1.81 bits per heavy atom. The average Bonchev–Trinajstić information content (AvgIpc) is 2.47. The Kier molecular flexibility index (Phi) is 7.02. The van der Waals surface area contributed by atoms with Gasteiger partial charge < -0.3 is 20.1 Å². The lowest BCUT2D eigenvalue weighted by Crippen LogP contribution is -2.42. The highest BCUT2D eigenvalue weighted by Crippen LogP contribution is 2.26. The Hall–Kier alpha value is -1.75. The summed E-state index contributed by atoms with van der Waals surface area (Å²) in [4.78, 5) is 11.6. The van der Waals surface area contributed by atoms with Crippen molar-refractivity contribution in [2.24, 2.45) is 5.41 Å². The van der Waals surface area contributed by atoms with Gasteiger partial charge in [-0.1, -0.05) is 12.1 Å². The van der Waals surface area contributed by atoms with Crippen molar-refractivity contribution < 1.29 is 14.3 Å². The normalized spacial score (nSPS) is 11.0. The van der Waals surface area contributed by atoms with Crippen LogP contribution in [0.1, 0.15) is 20.8 Å². The van der Waals surface area contributed by atoms with Crippen LogP contribution in [0.4, 0.5) is 0 Å². The number of carbonyl (C=O) groups is 1. The summed E-state index contributed by atoms with van der Waals surface area (Å²) >= 11 is 0. The van der Waals surface area contributed by atoms with Crippen molar-refractivity contribution in [3.05, 3.63) is 24.3 Å². The van der Waals surface area contributed by atoms with Crippen LogP contribution in [0.5, 0.6) is 11.5 Å². The second-order valence-corrected chi connectivity index (χ2v) is 5.37. The lowest BCUT2D eigenvalue weighted by Gasteiger charge is -2.23. The Bertz CT molecular complexity index is 447. The molecule has 0 atom stereocenters. The van der Waals surface area contributed by atoms with Gasteiger partial charge in [-0.05, 0) is 32.9 Å². The monoisotopic (exact) mass is 294 g/mol. The van der Waals surface area contributed by atoms with E-state index in [-0.39, 0.29) is 5.91 Å². The summed E-state index contributed by atoms with van der Waals surface area (Å²) < 4.78 is 11.2. The zero-order valence-electron chi connectivity index (χ0n) is 13.4. The molecule has 5 heteroatoms. The molecule has 0 bridgehead atoms. The molecule has 0 aliphatic rings.